The Balaban J connectivity index is 1.32. The molecule has 5 rings (SSSR count). The molecule has 7 nitrogen and oxygen atoms in total. The van der Waals surface area contributed by atoms with Crippen LogP contribution >= 0.6 is 34.8 Å². The summed E-state index contributed by atoms with van der Waals surface area (Å²) in [5, 5.41) is 21.9. The van der Waals surface area contributed by atoms with E-state index in [1.54, 1.807) is 0 Å². The minimum absolute atomic E-state index is 0.00345. The van der Waals surface area contributed by atoms with E-state index in [0.717, 1.165) is 59.3 Å². The van der Waals surface area contributed by atoms with E-state index < -0.39 is 16.0 Å². The molecule has 0 saturated carbocycles. The smallest absolute Gasteiger partial charge is 0.272 e. The zero-order valence-corrected chi connectivity index (χ0v) is 25.4. The van der Waals surface area contributed by atoms with Crippen LogP contribution in [0.4, 0.5) is 0 Å². The largest absolute Gasteiger partial charge is 0.395 e. The van der Waals surface area contributed by atoms with E-state index in [2.05, 4.69) is 10.2 Å². The number of benzene rings is 3. The standard InChI is InChI=1S/C32H35Cl3N2O5/c33-32(34,35)31(40)36-17-22-3-1-4-26(15-22)23-10-12-25(13-11-23)30-41-28(18-37-14-2-5-27(37)20-39)16-29(42-30)24-8-6-21(19-38)7-9-24/h1,3-4,6-13,15,27-30,38-39H,2,5,14,16-20H2,(H,36,40). The number of aliphatic hydroxyl groups is 2. The van der Waals surface area contributed by atoms with Gasteiger partial charge in [-0.05, 0) is 53.3 Å². The molecule has 2 saturated heterocycles. The summed E-state index contributed by atoms with van der Waals surface area (Å²) in [5.41, 5.74) is 5.66. The Labute approximate surface area is 261 Å². The van der Waals surface area contributed by atoms with Crippen LogP contribution < -0.4 is 5.32 Å². The number of ether oxygens (including phenoxy) is 2. The zero-order chi connectivity index (χ0) is 29.7. The number of hydrogen-bond acceptors (Lipinski definition) is 6. The lowest BCUT2D eigenvalue weighted by Crippen LogP contribution is -2.42. The van der Waals surface area contributed by atoms with Crippen molar-refractivity contribution in [1.82, 2.24) is 10.2 Å². The highest BCUT2D eigenvalue weighted by Crippen LogP contribution is 2.39. The first-order valence-corrected chi connectivity index (χ1v) is 15.3. The molecule has 224 valence electrons. The van der Waals surface area contributed by atoms with Gasteiger partial charge in [0.1, 0.15) is 0 Å². The fraction of sp³-hybridized carbons (Fsp3) is 0.406. The van der Waals surface area contributed by atoms with Crippen molar-refractivity contribution < 1.29 is 24.5 Å². The number of likely N-dealkylation sites (tertiary alicyclic amines) is 1. The molecule has 42 heavy (non-hydrogen) atoms. The summed E-state index contributed by atoms with van der Waals surface area (Å²) in [7, 11) is 0. The fourth-order valence-electron chi connectivity index (χ4n) is 5.61. The van der Waals surface area contributed by atoms with Crippen LogP contribution in [0.5, 0.6) is 0 Å². The molecule has 0 bridgehead atoms. The summed E-state index contributed by atoms with van der Waals surface area (Å²) in [6.45, 7) is 2.07. The average Bonchev–Trinajstić information content (AvgIpc) is 3.46. The first-order valence-electron chi connectivity index (χ1n) is 14.1. The van der Waals surface area contributed by atoms with Crippen molar-refractivity contribution >= 4 is 40.7 Å². The highest BCUT2D eigenvalue weighted by molar-refractivity contribution is 6.76. The molecule has 2 fully saturated rings. The third kappa shape index (κ3) is 7.84. The molecule has 3 N–H and O–H groups in total. The molecule has 2 heterocycles. The third-order valence-electron chi connectivity index (χ3n) is 7.92. The second-order valence-electron chi connectivity index (χ2n) is 10.8. The van der Waals surface area contributed by atoms with E-state index in [9.17, 15) is 15.0 Å². The van der Waals surface area contributed by atoms with Crippen molar-refractivity contribution in [3.05, 3.63) is 95.1 Å². The average molecular weight is 634 g/mol. The Morgan fingerprint density at radius 3 is 2.36 bits per heavy atom. The van der Waals surface area contributed by atoms with Crippen LogP contribution in [0.2, 0.25) is 0 Å². The Hall–Kier alpha value is -2.20. The first-order chi connectivity index (χ1) is 20.2. The van der Waals surface area contributed by atoms with E-state index in [1.807, 2.05) is 72.8 Å². The highest BCUT2D eigenvalue weighted by Gasteiger charge is 2.35. The van der Waals surface area contributed by atoms with Crippen molar-refractivity contribution in [2.45, 2.75) is 60.7 Å². The van der Waals surface area contributed by atoms with Crippen LogP contribution in [0.25, 0.3) is 11.1 Å². The maximum atomic E-state index is 11.9. The lowest BCUT2D eigenvalue weighted by Gasteiger charge is -2.38. The van der Waals surface area contributed by atoms with Gasteiger partial charge in [-0.15, -0.1) is 0 Å². The molecule has 0 aromatic heterocycles. The number of carbonyl (C=O) groups is 1. The second kappa shape index (κ2) is 14.1. The number of alkyl halides is 3. The van der Waals surface area contributed by atoms with Crippen molar-refractivity contribution in [3.63, 3.8) is 0 Å². The van der Waals surface area contributed by atoms with Gasteiger partial charge in [0.05, 0.1) is 25.4 Å². The SMILES string of the molecule is O=C(NCc1cccc(-c2ccc(C3OC(CN4CCCC4CO)CC(c4ccc(CO)cc4)O3)cc2)c1)C(Cl)(Cl)Cl. The summed E-state index contributed by atoms with van der Waals surface area (Å²) in [4.78, 5) is 14.2. The maximum Gasteiger partial charge on any atom is 0.272 e. The number of halogens is 3. The number of hydrogen-bond donors (Lipinski definition) is 3. The van der Waals surface area contributed by atoms with Gasteiger partial charge in [-0.3, -0.25) is 9.69 Å². The zero-order valence-electron chi connectivity index (χ0n) is 23.1. The van der Waals surface area contributed by atoms with Gasteiger partial charge in [0.25, 0.3) is 9.70 Å². The molecule has 1 amide bonds. The first kappa shape index (κ1) is 31.2. The predicted octanol–water partition coefficient (Wildman–Crippen LogP) is 5.83. The van der Waals surface area contributed by atoms with E-state index in [1.165, 1.54) is 0 Å². The molecule has 4 unspecified atom stereocenters. The Morgan fingerprint density at radius 1 is 0.929 bits per heavy atom. The van der Waals surface area contributed by atoms with Gasteiger partial charge in [0.15, 0.2) is 6.29 Å². The summed E-state index contributed by atoms with van der Waals surface area (Å²) in [6, 6.07) is 23.9. The summed E-state index contributed by atoms with van der Waals surface area (Å²) in [6.07, 6.45) is 1.97. The van der Waals surface area contributed by atoms with Gasteiger partial charge in [0, 0.05) is 31.1 Å². The quantitative estimate of drug-likeness (QED) is 0.257. The van der Waals surface area contributed by atoms with Crippen LogP contribution in [0.3, 0.4) is 0 Å². The van der Waals surface area contributed by atoms with Crippen LogP contribution in [0, 0.1) is 0 Å². The van der Waals surface area contributed by atoms with Gasteiger partial charge in [0.2, 0.25) is 0 Å². The topological polar surface area (TPSA) is 91.3 Å². The predicted molar refractivity (Wildman–Crippen MR) is 164 cm³/mol. The van der Waals surface area contributed by atoms with E-state index in [0.29, 0.717) is 6.42 Å². The maximum absolute atomic E-state index is 11.9. The molecular weight excluding hydrogens is 599 g/mol. The molecule has 0 spiro atoms. The van der Waals surface area contributed by atoms with Crippen molar-refractivity contribution in [2.75, 3.05) is 19.7 Å². The molecule has 10 heteroatoms. The molecule has 0 radical (unpaired) electrons. The van der Waals surface area contributed by atoms with Crippen molar-refractivity contribution in [1.29, 1.82) is 0 Å². The monoisotopic (exact) mass is 632 g/mol. The van der Waals surface area contributed by atoms with E-state index in [-0.39, 0.29) is 38.0 Å². The Morgan fingerprint density at radius 2 is 1.67 bits per heavy atom. The molecule has 3 aromatic rings. The number of nitrogens with one attached hydrogen (secondary N) is 1. The summed E-state index contributed by atoms with van der Waals surface area (Å²) < 4.78 is 11.0. The highest BCUT2D eigenvalue weighted by atomic mass is 35.6. The molecule has 0 aliphatic carbocycles. The van der Waals surface area contributed by atoms with Crippen LogP contribution in [0.15, 0.2) is 72.8 Å². The van der Waals surface area contributed by atoms with Gasteiger partial charge in [-0.2, -0.15) is 0 Å². The Kier molecular flexibility index (Phi) is 10.5. The molecular formula is C32H35Cl3N2O5. The summed E-state index contributed by atoms with van der Waals surface area (Å²) >= 11 is 17.0. The van der Waals surface area contributed by atoms with Crippen LogP contribution in [-0.2, 0) is 27.4 Å². The second-order valence-corrected chi connectivity index (χ2v) is 13.1. The fourth-order valence-corrected chi connectivity index (χ4v) is 5.81. The number of carbonyl (C=O) groups excluding carboxylic acids is 1. The lowest BCUT2D eigenvalue weighted by molar-refractivity contribution is -0.253. The number of aliphatic hydroxyl groups excluding tert-OH is 2. The molecule has 4 atom stereocenters. The molecule has 2 aliphatic heterocycles. The van der Waals surface area contributed by atoms with Crippen molar-refractivity contribution in [3.8, 4) is 11.1 Å². The summed E-state index contributed by atoms with van der Waals surface area (Å²) in [5.74, 6) is -0.674. The minimum atomic E-state index is -2.01. The van der Waals surface area contributed by atoms with Crippen LogP contribution in [0.1, 0.15) is 53.9 Å². The number of amides is 1. The number of nitrogens with zero attached hydrogens (tertiary/aromatic N) is 1. The minimum Gasteiger partial charge on any atom is -0.395 e. The van der Waals surface area contributed by atoms with Gasteiger partial charge in [-0.1, -0.05) is 102 Å². The molecule has 3 aromatic carbocycles. The van der Waals surface area contributed by atoms with Gasteiger partial charge in [-0.25, -0.2) is 0 Å². The number of rotatable bonds is 9. The van der Waals surface area contributed by atoms with E-state index in [4.69, 9.17) is 44.3 Å². The van der Waals surface area contributed by atoms with Crippen LogP contribution in [-0.4, -0.2) is 56.7 Å². The third-order valence-corrected chi connectivity index (χ3v) is 8.43. The van der Waals surface area contributed by atoms with Gasteiger partial charge < -0.3 is 25.0 Å². The van der Waals surface area contributed by atoms with E-state index >= 15 is 0 Å². The molecule has 2 aliphatic rings. The van der Waals surface area contributed by atoms with Gasteiger partial charge >= 0.3 is 0 Å². The normalized spacial score (nSPS) is 23.2. The lowest BCUT2D eigenvalue weighted by atomic mass is 9.98. The Bertz CT molecular complexity index is 1330. The van der Waals surface area contributed by atoms with Crippen molar-refractivity contribution in [2.24, 2.45) is 0 Å².